The highest BCUT2D eigenvalue weighted by molar-refractivity contribution is 6.01. The van der Waals surface area contributed by atoms with Crippen LogP contribution in [0.5, 0.6) is 0 Å². The molecule has 0 radical (unpaired) electrons. The van der Waals surface area contributed by atoms with Crippen LogP contribution in [0.4, 0.5) is 5.69 Å². The number of hydrogen-bond acceptors (Lipinski definition) is 7. The number of hydrogen-bond donors (Lipinski definition) is 1. The van der Waals surface area contributed by atoms with Crippen LogP contribution in [0, 0.1) is 13.8 Å². The molecule has 0 atom stereocenters. The Kier molecular flexibility index (Phi) is 5.48. The van der Waals surface area contributed by atoms with Gasteiger partial charge < -0.3 is 14.8 Å². The number of aryl methyl sites for hydroxylation is 1. The summed E-state index contributed by atoms with van der Waals surface area (Å²) in [7, 11) is 2.30. The van der Waals surface area contributed by atoms with E-state index in [4.69, 9.17) is 0 Å². The van der Waals surface area contributed by atoms with E-state index in [9.17, 15) is 14.4 Å². The molecule has 0 spiro atoms. The maximum Gasteiger partial charge on any atom is 0.361 e. The lowest BCUT2D eigenvalue weighted by atomic mass is 10.1. The maximum absolute atomic E-state index is 12.3. The Labute approximate surface area is 143 Å². The second kappa shape index (κ2) is 7.56. The second-order valence-corrected chi connectivity index (χ2v) is 5.22. The quantitative estimate of drug-likeness (QED) is 0.807. The van der Waals surface area contributed by atoms with Crippen molar-refractivity contribution >= 4 is 23.5 Å². The Morgan fingerprint density at radius 3 is 2.44 bits per heavy atom. The van der Waals surface area contributed by atoms with Crippen LogP contribution in [0.1, 0.15) is 32.1 Å². The number of aromatic nitrogens is 3. The summed E-state index contributed by atoms with van der Waals surface area (Å²) in [6.45, 7) is 3.50. The lowest BCUT2D eigenvalue weighted by molar-refractivity contribution is -0.117. The molecule has 2 rings (SSSR count). The van der Waals surface area contributed by atoms with Crippen molar-refractivity contribution in [3.05, 3.63) is 40.7 Å². The molecule has 0 bridgehead atoms. The molecule has 0 unspecified atom stereocenters. The second-order valence-electron chi connectivity index (χ2n) is 5.22. The third-order valence-corrected chi connectivity index (χ3v) is 3.66. The fraction of sp³-hybridized carbons (Fsp3) is 0.312. The van der Waals surface area contributed by atoms with E-state index in [2.05, 4.69) is 25.1 Å². The normalized spacial score (nSPS) is 10.2. The zero-order chi connectivity index (χ0) is 18.6. The van der Waals surface area contributed by atoms with E-state index in [1.165, 1.54) is 0 Å². The highest BCUT2D eigenvalue weighted by Gasteiger charge is 2.27. The van der Waals surface area contributed by atoms with Crippen molar-refractivity contribution < 1.29 is 23.9 Å². The van der Waals surface area contributed by atoms with Gasteiger partial charge in [-0.1, -0.05) is 17.3 Å². The third kappa shape index (κ3) is 3.82. The van der Waals surface area contributed by atoms with Crippen LogP contribution in [-0.4, -0.2) is 47.1 Å². The molecule has 2 aromatic rings. The van der Waals surface area contributed by atoms with Crippen LogP contribution in [0.15, 0.2) is 18.2 Å². The van der Waals surface area contributed by atoms with Gasteiger partial charge in [0.15, 0.2) is 5.69 Å². The fourth-order valence-electron chi connectivity index (χ4n) is 2.17. The van der Waals surface area contributed by atoms with E-state index in [0.29, 0.717) is 5.69 Å². The molecule has 0 saturated carbocycles. The Hall–Kier alpha value is -3.23. The van der Waals surface area contributed by atoms with Gasteiger partial charge in [-0.15, -0.1) is 5.10 Å². The predicted octanol–water partition coefficient (Wildman–Crippen LogP) is 1.11. The molecule has 1 N–H and O–H groups in total. The van der Waals surface area contributed by atoms with Crippen molar-refractivity contribution in [1.82, 2.24) is 15.0 Å². The van der Waals surface area contributed by atoms with Crippen LogP contribution >= 0.6 is 0 Å². The molecular weight excluding hydrogens is 328 g/mol. The highest BCUT2D eigenvalue weighted by Crippen LogP contribution is 2.18. The zero-order valence-electron chi connectivity index (χ0n) is 14.3. The van der Waals surface area contributed by atoms with E-state index in [1.807, 2.05) is 26.0 Å². The number of carbonyl (C=O) groups is 3. The van der Waals surface area contributed by atoms with Gasteiger partial charge in [-0.3, -0.25) is 4.79 Å². The molecule has 9 heteroatoms. The molecule has 25 heavy (non-hydrogen) atoms. The summed E-state index contributed by atoms with van der Waals surface area (Å²) in [5, 5.41) is 10.0. The van der Waals surface area contributed by atoms with Gasteiger partial charge in [0.2, 0.25) is 11.6 Å². The number of esters is 2. The summed E-state index contributed by atoms with van der Waals surface area (Å²) >= 11 is 0. The summed E-state index contributed by atoms with van der Waals surface area (Å²) in [6, 6.07) is 5.52. The maximum atomic E-state index is 12.3. The van der Waals surface area contributed by atoms with Crippen LogP contribution < -0.4 is 5.32 Å². The van der Waals surface area contributed by atoms with Crippen molar-refractivity contribution in [2.75, 3.05) is 19.5 Å². The van der Waals surface area contributed by atoms with Crippen LogP contribution in [0.25, 0.3) is 0 Å². The number of ether oxygens (including phenoxy) is 2. The molecule has 0 saturated heterocycles. The first-order valence-electron chi connectivity index (χ1n) is 7.35. The van der Waals surface area contributed by atoms with Crippen LogP contribution in [0.3, 0.4) is 0 Å². The van der Waals surface area contributed by atoms with E-state index in [-0.39, 0.29) is 17.9 Å². The van der Waals surface area contributed by atoms with Gasteiger partial charge in [-0.25, -0.2) is 14.3 Å². The number of anilines is 1. The molecule has 0 aliphatic rings. The van der Waals surface area contributed by atoms with Gasteiger partial charge in [0.1, 0.15) is 6.54 Å². The first-order valence-corrected chi connectivity index (χ1v) is 7.35. The van der Waals surface area contributed by atoms with Crippen molar-refractivity contribution in [2.45, 2.75) is 20.4 Å². The van der Waals surface area contributed by atoms with Gasteiger partial charge in [0.05, 0.1) is 14.2 Å². The number of amides is 1. The molecule has 0 aliphatic heterocycles. The summed E-state index contributed by atoms with van der Waals surface area (Å²) in [5.74, 6) is -2.12. The fourth-order valence-corrected chi connectivity index (χ4v) is 2.17. The number of nitrogens with one attached hydrogen (secondary N) is 1. The number of benzene rings is 1. The number of rotatable bonds is 5. The van der Waals surface area contributed by atoms with E-state index in [0.717, 1.165) is 30.0 Å². The first-order chi connectivity index (χ1) is 11.9. The Morgan fingerprint density at radius 2 is 1.80 bits per heavy atom. The molecule has 1 aromatic carbocycles. The van der Waals surface area contributed by atoms with Gasteiger partial charge in [-0.2, -0.15) is 0 Å². The van der Waals surface area contributed by atoms with E-state index >= 15 is 0 Å². The molecule has 9 nitrogen and oxygen atoms in total. The highest BCUT2D eigenvalue weighted by atomic mass is 16.5. The summed E-state index contributed by atoms with van der Waals surface area (Å²) in [6.07, 6.45) is 0. The van der Waals surface area contributed by atoms with Gasteiger partial charge in [-0.05, 0) is 31.0 Å². The minimum Gasteiger partial charge on any atom is -0.464 e. The average molecular weight is 346 g/mol. The molecular formula is C16H18N4O5. The van der Waals surface area contributed by atoms with Crippen LogP contribution in [0.2, 0.25) is 0 Å². The monoisotopic (exact) mass is 346 g/mol. The molecule has 0 fully saturated rings. The minimum atomic E-state index is -0.846. The first kappa shape index (κ1) is 18.1. The van der Waals surface area contributed by atoms with Crippen molar-refractivity contribution in [3.8, 4) is 0 Å². The van der Waals surface area contributed by atoms with E-state index in [1.54, 1.807) is 6.07 Å². The average Bonchev–Trinajstić information content (AvgIpc) is 3.01. The Morgan fingerprint density at radius 1 is 1.12 bits per heavy atom. The smallest absolute Gasteiger partial charge is 0.361 e. The largest absolute Gasteiger partial charge is 0.464 e. The van der Waals surface area contributed by atoms with E-state index < -0.39 is 17.8 Å². The summed E-state index contributed by atoms with van der Waals surface area (Å²) in [4.78, 5) is 35.9. The minimum absolute atomic E-state index is 0.245. The molecule has 1 amide bonds. The molecule has 132 valence electrons. The molecule has 0 aliphatic carbocycles. The summed E-state index contributed by atoms with van der Waals surface area (Å²) in [5.41, 5.74) is 2.05. The number of nitrogens with zero attached hydrogens (tertiary/aromatic N) is 3. The molecule has 1 aromatic heterocycles. The topological polar surface area (TPSA) is 112 Å². The third-order valence-electron chi connectivity index (χ3n) is 3.66. The Balaban J connectivity index is 2.26. The van der Waals surface area contributed by atoms with Gasteiger partial charge >= 0.3 is 11.9 Å². The Bertz CT molecular complexity index is 828. The molecule has 1 heterocycles. The van der Waals surface area contributed by atoms with Crippen molar-refractivity contribution in [3.63, 3.8) is 0 Å². The lowest BCUT2D eigenvalue weighted by Crippen LogP contribution is -2.24. The SMILES string of the molecule is COC(=O)c1nnn(CC(=O)Nc2cccc(C)c2C)c1C(=O)OC. The van der Waals surface area contributed by atoms with Crippen molar-refractivity contribution in [1.29, 1.82) is 0 Å². The van der Waals surface area contributed by atoms with Crippen LogP contribution in [-0.2, 0) is 20.8 Å². The predicted molar refractivity (Wildman–Crippen MR) is 87.2 cm³/mol. The van der Waals surface area contributed by atoms with Gasteiger partial charge in [0.25, 0.3) is 0 Å². The standard InChI is InChI=1S/C16H18N4O5/c1-9-6-5-7-11(10(9)2)17-12(21)8-20-14(16(23)25-4)13(18-19-20)15(22)24-3/h5-7H,8H2,1-4H3,(H,17,21). The summed E-state index contributed by atoms with van der Waals surface area (Å²) < 4.78 is 10.2. The lowest BCUT2D eigenvalue weighted by Gasteiger charge is -2.11. The van der Waals surface area contributed by atoms with Gasteiger partial charge in [0, 0.05) is 5.69 Å². The zero-order valence-corrected chi connectivity index (χ0v) is 14.3. The number of methoxy groups -OCH3 is 2. The van der Waals surface area contributed by atoms with Crippen molar-refractivity contribution in [2.24, 2.45) is 0 Å². The number of carbonyl (C=O) groups excluding carboxylic acids is 3.